The van der Waals surface area contributed by atoms with Crippen molar-refractivity contribution in [1.82, 2.24) is 9.88 Å². The molecular weight excluding hydrogens is 378 g/mol. The fourth-order valence-corrected chi connectivity index (χ4v) is 3.94. The van der Waals surface area contributed by atoms with E-state index in [9.17, 15) is 9.59 Å². The Hall–Kier alpha value is -2.61. The maximum absolute atomic E-state index is 12.9. The van der Waals surface area contributed by atoms with Crippen LogP contribution in [-0.4, -0.2) is 41.9 Å². The fourth-order valence-electron chi connectivity index (χ4n) is 3.39. The summed E-state index contributed by atoms with van der Waals surface area (Å²) < 4.78 is 11.2. The number of rotatable bonds is 8. The number of aromatic nitrogens is 1. The highest BCUT2D eigenvalue weighted by molar-refractivity contribution is 7.07. The van der Waals surface area contributed by atoms with Crippen LogP contribution in [0.3, 0.4) is 0 Å². The molecule has 7 nitrogen and oxygen atoms in total. The first-order valence-electron chi connectivity index (χ1n) is 9.32. The van der Waals surface area contributed by atoms with Gasteiger partial charge in [0.1, 0.15) is 6.61 Å². The quantitative estimate of drug-likeness (QED) is 0.731. The number of nitrogens with zero attached hydrogens (tertiary/aromatic N) is 2. The van der Waals surface area contributed by atoms with Crippen molar-refractivity contribution in [3.05, 3.63) is 40.3 Å². The second-order valence-corrected chi connectivity index (χ2v) is 7.62. The van der Waals surface area contributed by atoms with Crippen molar-refractivity contribution in [1.29, 1.82) is 0 Å². The molecule has 1 unspecified atom stereocenters. The van der Waals surface area contributed by atoms with Crippen LogP contribution in [0.25, 0.3) is 0 Å². The van der Waals surface area contributed by atoms with Crippen molar-refractivity contribution in [3.63, 3.8) is 0 Å². The molecule has 28 heavy (non-hydrogen) atoms. The van der Waals surface area contributed by atoms with E-state index in [0.717, 1.165) is 31.5 Å². The summed E-state index contributed by atoms with van der Waals surface area (Å²) in [5.41, 5.74) is 8.42. The molecule has 1 aromatic heterocycles. The Balaban J connectivity index is 1.65. The first-order chi connectivity index (χ1) is 13.6. The van der Waals surface area contributed by atoms with Gasteiger partial charge in [0.25, 0.3) is 5.91 Å². The van der Waals surface area contributed by atoms with Crippen LogP contribution in [0.1, 0.15) is 41.7 Å². The van der Waals surface area contributed by atoms with Gasteiger partial charge in [-0.2, -0.15) is 0 Å². The van der Waals surface area contributed by atoms with Gasteiger partial charge in [0.2, 0.25) is 5.91 Å². The van der Waals surface area contributed by atoms with E-state index in [4.69, 9.17) is 15.2 Å². The van der Waals surface area contributed by atoms with Gasteiger partial charge in [-0.15, -0.1) is 11.3 Å². The predicted octanol–water partition coefficient (Wildman–Crippen LogP) is 2.85. The molecular formula is C20H25N3O4S. The summed E-state index contributed by atoms with van der Waals surface area (Å²) in [6.45, 7) is 1.72. The molecule has 0 spiro atoms. The molecule has 150 valence electrons. The van der Waals surface area contributed by atoms with Crippen LogP contribution in [-0.2, 0) is 11.4 Å². The van der Waals surface area contributed by atoms with Gasteiger partial charge in [-0.05, 0) is 43.4 Å². The summed E-state index contributed by atoms with van der Waals surface area (Å²) >= 11 is 1.51. The van der Waals surface area contributed by atoms with Crippen LogP contribution in [0.4, 0.5) is 0 Å². The molecule has 2 heterocycles. The summed E-state index contributed by atoms with van der Waals surface area (Å²) in [5, 5.41) is 1.93. The minimum Gasteiger partial charge on any atom is -0.493 e. The van der Waals surface area contributed by atoms with Gasteiger partial charge in [-0.25, -0.2) is 4.98 Å². The van der Waals surface area contributed by atoms with Gasteiger partial charge in [0.15, 0.2) is 11.5 Å². The second kappa shape index (κ2) is 9.54. The molecule has 1 atom stereocenters. The predicted molar refractivity (Wildman–Crippen MR) is 106 cm³/mol. The van der Waals surface area contributed by atoms with Gasteiger partial charge in [0.05, 0.1) is 18.3 Å². The third kappa shape index (κ3) is 5.22. The number of hydrogen-bond donors (Lipinski definition) is 1. The molecule has 2 amide bonds. The Morgan fingerprint density at radius 3 is 2.93 bits per heavy atom. The number of ether oxygens (including phenoxy) is 2. The maximum atomic E-state index is 12.9. The Morgan fingerprint density at radius 2 is 2.21 bits per heavy atom. The summed E-state index contributed by atoms with van der Waals surface area (Å²) in [6.07, 6.45) is 3.04. The third-order valence-corrected chi connectivity index (χ3v) is 5.51. The molecule has 1 aromatic carbocycles. The molecule has 0 radical (unpaired) electrons. The Morgan fingerprint density at radius 1 is 1.36 bits per heavy atom. The van der Waals surface area contributed by atoms with E-state index >= 15 is 0 Å². The smallest absolute Gasteiger partial charge is 0.254 e. The number of thiazole rings is 1. The van der Waals surface area contributed by atoms with E-state index < -0.39 is 0 Å². The number of benzene rings is 1. The Bertz CT molecular complexity index is 810. The van der Waals surface area contributed by atoms with Crippen LogP contribution in [0, 0.1) is 5.92 Å². The number of methoxy groups -OCH3 is 1. The van der Waals surface area contributed by atoms with Crippen molar-refractivity contribution < 1.29 is 19.1 Å². The zero-order chi connectivity index (χ0) is 19.9. The number of amides is 2. The van der Waals surface area contributed by atoms with Crippen molar-refractivity contribution in [2.45, 2.75) is 32.3 Å². The first kappa shape index (κ1) is 20.1. The number of nitrogens with two attached hydrogens (primary N) is 1. The average molecular weight is 404 g/mol. The number of primary amides is 1. The minimum absolute atomic E-state index is 0.0341. The minimum atomic E-state index is -0.290. The molecule has 0 saturated carbocycles. The van der Waals surface area contributed by atoms with Crippen molar-refractivity contribution in [2.75, 3.05) is 20.2 Å². The zero-order valence-electron chi connectivity index (χ0n) is 15.9. The molecule has 0 aliphatic carbocycles. The molecule has 8 heteroatoms. The molecule has 0 bridgehead atoms. The average Bonchev–Trinajstić information content (AvgIpc) is 3.24. The standard InChI is InChI=1S/C20H25N3O4S/c1-26-18-9-15(5-6-17(18)27-11-16-12-28-13-22-16)20(25)23-8-2-3-14(10-23)4-7-19(21)24/h5-6,9,12-14H,2-4,7-8,10-11H2,1H3,(H2,21,24). The fraction of sp³-hybridized carbons (Fsp3) is 0.450. The second-order valence-electron chi connectivity index (χ2n) is 6.90. The van der Waals surface area contributed by atoms with Crippen molar-refractivity contribution in [2.24, 2.45) is 11.7 Å². The van der Waals surface area contributed by atoms with E-state index in [1.807, 2.05) is 10.3 Å². The van der Waals surface area contributed by atoms with Crippen LogP contribution < -0.4 is 15.2 Å². The monoisotopic (exact) mass is 403 g/mol. The lowest BCUT2D eigenvalue weighted by Crippen LogP contribution is -2.40. The van der Waals surface area contributed by atoms with Gasteiger partial charge >= 0.3 is 0 Å². The lowest BCUT2D eigenvalue weighted by Gasteiger charge is -2.33. The number of carbonyl (C=O) groups is 2. The van der Waals surface area contributed by atoms with Crippen molar-refractivity contribution in [3.8, 4) is 11.5 Å². The van der Waals surface area contributed by atoms with Gasteiger partial charge in [0, 0.05) is 30.5 Å². The topological polar surface area (TPSA) is 94.8 Å². The zero-order valence-corrected chi connectivity index (χ0v) is 16.7. The highest BCUT2D eigenvalue weighted by Gasteiger charge is 2.25. The maximum Gasteiger partial charge on any atom is 0.254 e. The molecule has 2 aromatic rings. The molecule has 1 saturated heterocycles. The first-order valence-corrected chi connectivity index (χ1v) is 10.3. The lowest BCUT2D eigenvalue weighted by atomic mass is 9.93. The van der Waals surface area contributed by atoms with Gasteiger partial charge in [-0.3, -0.25) is 9.59 Å². The summed E-state index contributed by atoms with van der Waals surface area (Å²) in [7, 11) is 1.56. The molecule has 1 aliphatic rings. The van der Waals surface area contributed by atoms with E-state index in [1.165, 1.54) is 11.3 Å². The van der Waals surface area contributed by atoms with E-state index in [-0.39, 0.29) is 11.8 Å². The van der Waals surface area contributed by atoms with E-state index in [0.29, 0.717) is 42.6 Å². The highest BCUT2D eigenvalue weighted by atomic mass is 32.1. The molecule has 1 fully saturated rings. The van der Waals surface area contributed by atoms with Crippen LogP contribution in [0.15, 0.2) is 29.1 Å². The normalized spacial score (nSPS) is 16.6. The molecule has 1 aliphatic heterocycles. The largest absolute Gasteiger partial charge is 0.493 e. The highest BCUT2D eigenvalue weighted by Crippen LogP contribution is 2.30. The number of carbonyl (C=O) groups excluding carboxylic acids is 2. The van der Waals surface area contributed by atoms with Crippen LogP contribution in [0.5, 0.6) is 11.5 Å². The number of likely N-dealkylation sites (tertiary alicyclic amines) is 1. The van der Waals surface area contributed by atoms with Crippen LogP contribution >= 0.6 is 11.3 Å². The third-order valence-electron chi connectivity index (χ3n) is 4.87. The number of hydrogen-bond acceptors (Lipinski definition) is 6. The summed E-state index contributed by atoms with van der Waals surface area (Å²) in [6, 6.07) is 5.23. The van der Waals surface area contributed by atoms with Gasteiger partial charge in [-0.1, -0.05) is 0 Å². The van der Waals surface area contributed by atoms with Crippen LogP contribution in [0.2, 0.25) is 0 Å². The summed E-state index contributed by atoms with van der Waals surface area (Å²) in [5.74, 6) is 1.08. The SMILES string of the molecule is COc1cc(C(=O)N2CCCC(CCC(N)=O)C2)ccc1OCc1cscn1. The molecule has 3 rings (SSSR count). The Kier molecular flexibility index (Phi) is 6.86. The Labute approximate surface area is 168 Å². The van der Waals surface area contributed by atoms with Crippen molar-refractivity contribution >= 4 is 23.2 Å². The molecule has 2 N–H and O–H groups in total. The number of piperidine rings is 1. The lowest BCUT2D eigenvalue weighted by molar-refractivity contribution is -0.118. The van der Waals surface area contributed by atoms with E-state index in [1.54, 1.807) is 30.8 Å². The van der Waals surface area contributed by atoms with E-state index in [2.05, 4.69) is 4.98 Å². The van der Waals surface area contributed by atoms with Gasteiger partial charge < -0.3 is 20.1 Å². The summed E-state index contributed by atoms with van der Waals surface area (Å²) in [4.78, 5) is 30.0.